The Labute approximate surface area is 182 Å². The predicted octanol–water partition coefficient (Wildman–Crippen LogP) is 3.78. The molecular weight excluding hydrogens is 491 g/mol. The van der Waals surface area contributed by atoms with Gasteiger partial charge in [-0.15, -0.1) is 0 Å². The van der Waals surface area contributed by atoms with Gasteiger partial charge >= 0.3 is 11.9 Å². The SMILES string of the molecule is CCOC(=O)COc1c(I)cc(C=NNc2ccc(C(=O)O)cc2)cc1OCC. The number of halogens is 1. The van der Waals surface area contributed by atoms with Crippen molar-refractivity contribution in [1.82, 2.24) is 0 Å². The maximum absolute atomic E-state index is 11.5. The first kappa shape index (κ1) is 22.5. The molecule has 0 aromatic heterocycles. The van der Waals surface area contributed by atoms with Crippen molar-refractivity contribution in [2.75, 3.05) is 25.2 Å². The van der Waals surface area contributed by atoms with Crippen LogP contribution in [0, 0.1) is 3.57 Å². The van der Waals surface area contributed by atoms with Crippen LogP contribution in [0.1, 0.15) is 29.8 Å². The molecule has 0 atom stereocenters. The number of hydrogen-bond acceptors (Lipinski definition) is 7. The van der Waals surface area contributed by atoms with Crippen molar-refractivity contribution >= 4 is 46.4 Å². The molecule has 0 aliphatic rings. The molecule has 8 nitrogen and oxygen atoms in total. The number of aromatic carboxylic acids is 1. The lowest BCUT2D eigenvalue weighted by molar-refractivity contribution is -0.145. The van der Waals surface area contributed by atoms with Gasteiger partial charge in [0.25, 0.3) is 0 Å². The number of benzene rings is 2. The van der Waals surface area contributed by atoms with Crippen LogP contribution in [0.5, 0.6) is 11.5 Å². The molecule has 0 bridgehead atoms. The molecule has 0 saturated carbocycles. The number of nitrogens with one attached hydrogen (secondary N) is 1. The first-order valence-electron chi connectivity index (χ1n) is 8.81. The number of esters is 1. The van der Waals surface area contributed by atoms with Crippen molar-refractivity contribution in [2.45, 2.75) is 13.8 Å². The van der Waals surface area contributed by atoms with Gasteiger partial charge in [-0.3, -0.25) is 5.43 Å². The predicted molar refractivity (Wildman–Crippen MR) is 117 cm³/mol. The standard InChI is InChI=1S/C20H21IN2O6/c1-3-27-17-10-13(9-16(21)19(17)29-12-18(24)28-4-2)11-22-23-15-7-5-14(6-8-15)20(25)26/h5-11,23H,3-4,12H2,1-2H3,(H,25,26). The van der Waals surface area contributed by atoms with Gasteiger partial charge in [-0.2, -0.15) is 5.10 Å². The van der Waals surface area contributed by atoms with Crippen LogP contribution < -0.4 is 14.9 Å². The van der Waals surface area contributed by atoms with Gasteiger partial charge in [0.15, 0.2) is 18.1 Å². The second-order valence-electron chi connectivity index (χ2n) is 5.61. The molecule has 2 N–H and O–H groups in total. The number of carboxylic acid groups (broad SMARTS) is 1. The molecular formula is C20H21IN2O6. The molecule has 2 rings (SSSR count). The second-order valence-corrected chi connectivity index (χ2v) is 6.77. The zero-order chi connectivity index (χ0) is 21.2. The van der Waals surface area contributed by atoms with Gasteiger partial charge in [0.05, 0.1) is 34.2 Å². The highest BCUT2D eigenvalue weighted by molar-refractivity contribution is 14.1. The molecule has 0 fully saturated rings. The van der Waals surface area contributed by atoms with Gasteiger partial charge in [-0.25, -0.2) is 9.59 Å². The summed E-state index contributed by atoms with van der Waals surface area (Å²) in [6, 6.07) is 9.83. The Kier molecular flexibility index (Phi) is 8.71. The normalized spacial score (nSPS) is 10.6. The highest BCUT2D eigenvalue weighted by atomic mass is 127. The fourth-order valence-corrected chi connectivity index (χ4v) is 3.05. The summed E-state index contributed by atoms with van der Waals surface area (Å²) in [7, 11) is 0. The first-order chi connectivity index (χ1) is 13.9. The Morgan fingerprint density at radius 1 is 1.14 bits per heavy atom. The number of rotatable bonds is 10. The Morgan fingerprint density at radius 2 is 1.86 bits per heavy atom. The van der Waals surface area contributed by atoms with E-state index in [0.717, 1.165) is 9.13 Å². The Bertz CT molecular complexity index is 883. The summed E-state index contributed by atoms with van der Waals surface area (Å²) in [5.74, 6) is -0.469. The van der Waals surface area contributed by atoms with E-state index in [0.29, 0.717) is 30.4 Å². The van der Waals surface area contributed by atoms with E-state index in [2.05, 4.69) is 33.1 Å². The number of ether oxygens (including phenoxy) is 3. The Morgan fingerprint density at radius 3 is 2.48 bits per heavy atom. The lowest BCUT2D eigenvalue weighted by Crippen LogP contribution is -2.15. The molecule has 154 valence electrons. The van der Waals surface area contributed by atoms with E-state index in [9.17, 15) is 9.59 Å². The number of anilines is 1. The van der Waals surface area contributed by atoms with Crippen molar-refractivity contribution in [3.8, 4) is 11.5 Å². The molecule has 0 aliphatic heterocycles. The minimum Gasteiger partial charge on any atom is -0.490 e. The zero-order valence-corrected chi connectivity index (χ0v) is 18.1. The first-order valence-corrected chi connectivity index (χ1v) is 9.89. The molecule has 9 heteroatoms. The Hall–Kier alpha value is -2.82. The van der Waals surface area contributed by atoms with E-state index < -0.39 is 11.9 Å². The van der Waals surface area contributed by atoms with Crippen LogP contribution >= 0.6 is 22.6 Å². The van der Waals surface area contributed by atoms with Crippen molar-refractivity contribution in [2.24, 2.45) is 5.10 Å². The summed E-state index contributed by atoms with van der Waals surface area (Å²) in [5.41, 5.74) is 4.46. The third-order valence-electron chi connectivity index (χ3n) is 3.51. The molecule has 0 heterocycles. The van der Waals surface area contributed by atoms with Crippen LogP contribution in [0.3, 0.4) is 0 Å². The Balaban J connectivity index is 2.11. The van der Waals surface area contributed by atoms with E-state index in [4.69, 9.17) is 19.3 Å². The second kappa shape index (κ2) is 11.2. The van der Waals surface area contributed by atoms with Crippen molar-refractivity contribution in [1.29, 1.82) is 0 Å². The molecule has 0 unspecified atom stereocenters. The van der Waals surface area contributed by atoms with Gasteiger partial charge < -0.3 is 19.3 Å². The molecule has 0 saturated heterocycles. The monoisotopic (exact) mass is 512 g/mol. The van der Waals surface area contributed by atoms with Gasteiger partial charge in [-0.1, -0.05) is 0 Å². The van der Waals surface area contributed by atoms with Crippen LogP contribution in [0.4, 0.5) is 5.69 Å². The maximum Gasteiger partial charge on any atom is 0.344 e. The maximum atomic E-state index is 11.5. The largest absolute Gasteiger partial charge is 0.490 e. The zero-order valence-electron chi connectivity index (χ0n) is 16.0. The molecule has 0 spiro atoms. The molecule has 0 amide bonds. The molecule has 2 aromatic rings. The van der Waals surface area contributed by atoms with Gasteiger partial charge in [0, 0.05) is 0 Å². The quantitative estimate of drug-likeness (QED) is 0.216. The lowest BCUT2D eigenvalue weighted by Gasteiger charge is -2.14. The van der Waals surface area contributed by atoms with Crippen LogP contribution in [0.25, 0.3) is 0 Å². The summed E-state index contributed by atoms with van der Waals surface area (Å²) in [4.78, 5) is 22.4. The number of nitrogens with zero attached hydrogens (tertiary/aromatic N) is 1. The van der Waals surface area contributed by atoms with E-state index in [-0.39, 0.29) is 12.2 Å². The average Bonchev–Trinajstić information content (AvgIpc) is 2.68. The number of hydrogen-bond donors (Lipinski definition) is 2. The highest BCUT2D eigenvalue weighted by Crippen LogP contribution is 2.34. The third-order valence-corrected chi connectivity index (χ3v) is 4.31. The van der Waals surface area contributed by atoms with Gasteiger partial charge in [0.2, 0.25) is 0 Å². The average molecular weight is 512 g/mol. The number of hydrazone groups is 1. The van der Waals surface area contributed by atoms with E-state index in [1.54, 1.807) is 31.3 Å². The highest BCUT2D eigenvalue weighted by Gasteiger charge is 2.14. The van der Waals surface area contributed by atoms with E-state index in [1.807, 2.05) is 13.0 Å². The smallest absolute Gasteiger partial charge is 0.344 e. The van der Waals surface area contributed by atoms with Crippen LogP contribution in [0.15, 0.2) is 41.5 Å². The van der Waals surface area contributed by atoms with Gasteiger partial charge in [0.1, 0.15) is 0 Å². The molecule has 0 radical (unpaired) electrons. The topological polar surface area (TPSA) is 106 Å². The number of carbonyl (C=O) groups excluding carboxylic acids is 1. The van der Waals surface area contributed by atoms with E-state index >= 15 is 0 Å². The summed E-state index contributed by atoms with van der Waals surface area (Å²) in [5, 5.41) is 13.1. The lowest BCUT2D eigenvalue weighted by atomic mass is 10.2. The number of carboxylic acids is 1. The van der Waals surface area contributed by atoms with Crippen LogP contribution in [-0.2, 0) is 9.53 Å². The summed E-state index contributed by atoms with van der Waals surface area (Å²) < 4.78 is 16.8. The third kappa shape index (κ3) is 6.93. The molecule has 0 aliphatic carbocycles. The van der Waals surface area contributed by atoms with Crippen molar-refractivity contribution in [3.05, 3.63) is 51.1 Å². The molecule has 29 heavy (non-hydrogen) atoms. The summed E-state index contributed by atoms with van der Waals surface area (Å²) in [6.07, 6.45) is 1.60. The molecule has 2 aromatic carbocycles. The van der Waals surface area contributed by atoms with Gasteiger partial charge in [-0.05, 0) is 78.4 Å². The fraction of sp³-hybridized carbons (Fsp3) is 0.250. The minimum absolute atomic E-state index is 0.203. The van der Waals surface area contributed by atoms with Crippen molar-refractivity contribution in [3.63, 3.8) is 0 Å². The van der Waals surface area contributed by atoms with Crippen molar-refractivity contribution < 1.29 is 28.9 Å². The summed E-state index contributed by atoms with van der Waals surface area (Å²) >= 11 is 2.10. The minimum atomic E-state index is -0.983. The fourth-order valence-electron chi connectivity index (χ4n) is 2.27. The summed E-state index contributed by atoms with van der Waals surface area (Å²) in [6.45, 7) is 4.10. The van der Waals surface area contributed by atoms with Crippen LogP contribution in [0.2, 0.25) is 0 Å². The van der Waals surface area contributed by atoms with E-state index in [1.165, 1.54) is 12.1 Å². The van der Waals surface area contributed by atoms with Crippen LogP contribution in [-0.4, -0.2) is 43.1 Å². The number of carbonyl (C=O) groups is 2.